The second kappa shape index (κ2) is 9.52. The molecule has 4 rings (SSSR count). The van der Waals surface area contributed by atoms with E-state index in [4.69, 9.17) is 14.6 Å². The van der Waals surface area contributed by atoms with Crippen LogP contribution in [0.1, 0.15) is 32.3 Å². The zero-order valence-electron chi connectivity index (χ0n) is 18.3. The summed E-state index contributed by atoms with van der Waals surface area (Å²) in [6.07, 6.45) is 2.87. The highest BCUT2D eigenvalue weighted by Gasteiger charge is 2.31. The van der Waals surface area contributed by atoms with Gasteiger partial charge in [-0.3, -0.25) is 9.48 Å². The molecule has 0 atom stereocenters. The first-order valence-electron chi connectivity index (χ1n) is 11.1. The molecule has 164 valence electrons. The van der Waals surface area contributed by atoms with Crippen LogP contribution in [0, 0.1) is 5.92 Å². The molecule has 1 N–H and O–H groups in total. The van der Waals surface area contributed by atoms with Gasteiger partial charge in [0.15, 0.2) is 5.60 Å². The second-order valence-corrected chi connectivity index (χ2v) is 8.66. The molecule has 1 aliphatic rings. The van der Waals surface area contributed by atoms with Crippen molar-refractivity contribution in [1.82, 2.24) is 15.1 Å². The van der Waals surface area contributed by atoms with Gasteiger partial charge >= 0.3 is 0 Å². The molecular formula is C25H31N3O3. The summed E-state index contributed by atoms with van der Waals surface area (Å²) < 4.78 is 13.7. The molecule has 31 heavy (non-hydrogen) atoms. The highest BCUT2D eigenvalue weighted by atomic mass is 16.5. The fraction of sp³-hybridized carbons (Fsp3) is 0.440. The van der Waals surface area contributed by atoms with Gasteiger partial charge < -0.3 is 14.8 Å². The quantitative estimate of drug-likeness (QED) is 0.598. The van der Waals surface area contributed by atoms with Crippen molar-refractivity contribution in [2.75, 3.05) is 19.8 Å². The van der Waals surface area contributed by atoms with E-state index in [1.54, 1.807) is 13.8 Å². The molecule has 0 unspecified atom stereocenters. The Labute approximate surface area is 183 Å². The molecule has 6 heteroatoms. The molecule has 0 radical (unpaired) electrons. The van der Waals surface area contributed by atoms with Crippen molar-refractivity contribution >= 4 is 16.8 Å². The number of nitrogens with one attached hydrogen (secondary N) is 1. The van der Waals surface area contributed by atoms with Gasteiger partial charge in [-0.15, -0.1) is 5.10 Å². The van der Waals surface area contributed by atoms with E-state index in [0.717, 1.165) is 49.9 Å². The van der Waals surface area contributed by atoms with Crippen molar-refractivity contribution in [1.29, 1.82) is 0 Å². The molecule has 0 bridgehead atoms. The van der Waals surface area contributed by atoms with E-state index < -0.39 is 5.60 Å². The van der Waals surface area contributed by atoms with Gasteiger partial charge in [-0.1, -0.05) is 42.5 Å². The predicted molar refractivity (Wildman–Crippen MR) is 121 cm³/mol. The number of hydrogen-bond donors (Lipinski definition) is 1. The minimum Gasteiger partial charge on any atom is -0.460 e. The van der Waals surface area contributed by atoms with E-state index in [1.165, 1.54) is 5.56 Å². The minimum atomic E-state index is -1.03. The van der Waals surface area contributed by atoms with Crippen molar-refractivity contribution in [3.8, 4) is 5.88 Å². The molecule has 1 aromatic heterocycles. The first-order valence-corrected chi connectivity index (χ1v) is 11.1. The molecule has 6 nitrogen and oxygen atoms in total. The maximum Gasteiger partial charge on any atom is 0.263 e. The van der Waals surface area contributed by atoms with Crippen LogP contribution in [0.2, 0.25) is 0 Å². The lowest BCUT2D eigenvalue weighted by molar-refractivity contribution is -0.134. The van der Waals surface area contributed by atoms with Crippen LogP contribution in [0.25, 0.3) is 10.9 Å². The average molecular weight is 422 g/mol. The fourth-order valence-electron chi connectivity index (χ4n) is 3.95. The highest BCUT2D eigenvalue weighted by Crippen LogP contribution is 2.29. The first-order chi connectivity index (χ1) is 15.0. The SMILES string of the molecule is CC(C)(Oc1nn(CC2CCOCC2)c2ccccc12)C(=O)NCCc1ccccc1. The smallest absolute Gasteiger partial charge is 0.263 e. The van der Waals surface area contributed by atoms with Crippen LogP contribution in [0.15, 0.2) is 54.6 Å². The minimum absolute atomic E-state index is 0.147. The molecule has 1 aliphatic heterocycles. The number of carbonyl (C=O) groups is 1. The van der Waals surface area contributed by atoms with Crippen LogP contribution in [0.3, 0.4) is 0 Å². The molecule has 1 fully saturated rings. The van der Waals surface area contributed by atoms with Crippen LogP contribution in [0.4, 0.5) is 0 Å². The van der Waals surface area contributed by atoms with Crippen molar-refractivity contribution in [3.05, 3.63) is 60.2 Å². The second-order valence-electron chi connectivity index (χ2n) is 8.66. The van der Waals surface area contributed by atoms with Gasteiger partial charge in [0.05, 0.1) is 10.9 Å². The number of rotatable bonds is 8. The maximum atomic E-state index is 12.8. The summed E-state index contributed by atoms with van der Waals surface area (Å²) in [5, 5.41) is 8.68. The Kier molecular flexibility index (Phi) is 6.56. The normalized spacial score (nSPS) is 15.2. The van der Waals surface area contributed by atoms with Crippen LogP contribution < -0.4 is 10.1 Å². The predicted octanol–water partition coefficient (Wildman–Crippen LogP) is 3.98. The molecule has 0 spiro atoms. The van der Waals surface area contributed by atoms with E-state index >= 15 is 0 Å². The van der Waals surface area contributed by atoms with Crippen molar-refractivity contribution in [3.63, 3.8) is 0 Å². The topological polar surface area (TPSA) is 65.4 Å². The Hall–Kier alpha value is -2.86. The van der Waals surface area contributed by atoms with Crippen LogP contribution in [-0.4, -0.2) is 41.0 Å². The van der Waals surface area contributed by atoms with E-state index in [-0.39, 0.29) is 5.91 Å². The molecular weight excluding hydrogens is 390 g/mol. The number of benzene rings is 2. The Morgan fingerprint density at radius 2 is 1.84 bits per heavy atom. The Morgan fingerprint density at radius 3 is 2.61 bits per heavy atom. The van der Waals surface area contributed by atoms with Gasteiger partial charge in [0, 0.05) is 26.3 Å². The molecule has 0 saturated carbocycles. The van der Waals surface area contributed by atoms with Crippen LogP contribution >= 0.6 is 0 Å². The van der Waals surface area contributed by atoms with E-state index in [0.29, 0.717) is 18.3 Å². The van der Waals surface area contributed by atoms with Crippen molar-refractivity contribution in [2.45, 2.75) is 45.3 Å². The van der Waals surface area contributed by atoms with E-state index in [1.807, 2.05) is 41.1 Å². The summed E-state index contributed by atoms with van der Waals surface area (Å²) in [6.45, 7) is 6.59. The van der Waals surface area contributed by atoms with E-state index in [9.17, 15) is 4.79 Å². The summed E-state index contributed by atoms with van der Waals surface area (Å²) in [5.74, 6) is 0.900. The van der Waals surface area contributed by atoms with Gasteiger partial charge in [-0.25, -0.2) is 0 Å². The molecule has 1 amide bonds. The number of fused-ring (bicyclic) bond motifs is 1. The van der Waals surface area contributed by atoms with E-state index in [2.05, 4.69) is 23.5 Å². The lowest BCUT2D eigenvalue weighted by Gasteiger charge is -2.24. The summed E-state index contributed by atoms with van der Waals surface area (Å²) in [5.41, 5.74) is 1.20. The highest BCUT2D eigenvalue weighted by molar-refractivity contribution is 5.87. The maximum absolute atomic E-state index is 12.8. The number of nitrogens with zero attached hydrogens (tertiary/aromatic N) is 2. The number of para-hydroxylation sites is 1. The van der Waals surface area contributed by atoms with Gasteiger partial charge in [-0.2, -0.15) is 0 Å². The van der Waals surface area contributed by atoms with Crippen LogP contribution in [-0.2, 0) is 22.5 Å². The summed E-state index contributed by atoms with van der Waals surface area (Å²) >= 11 is 0. The van der Waals surface area contributed by atoms with Gasteiger partial charge in [0.2, 0.25) is 5.88 Å². The molecule has 3 aromatic rings. The Morgan fingerprint density at radius 1 is 1.13 bits per heavy atom. The number of hydrogen-bond acceptors (Lipinski definition) is 4. The van der Waals surface area contributed by atoms with Crippen molar-refractivity contribution < 1.29 is 14.3 Å². The largest absolute Gasteiger partial charge is 0.460 e. The number of carbonyl (C=O) groups excluding carboxylic acids is 1. The summed E-state index contributed by atoms with van der Waals surface area (Å²) in [6, 6.07) is 18.2. The third-order valence-corrected chi connectivity index (χ3v) is 5.84. The monoisotopic (exact) mass is 421 g/mol. The molecule has 2 aromatic carbocycles. The first kappa shape index (κ1) is 21.4. The zero-order valence-corrected chi connectivity index (χ0v) is 18.3. The lowest BCUT2D eigenvalue weighted by atomic mass is 10.0. The summed E-state index contributed by atoms with van der Waals surface area (Å²) in [7, 11) is 0. The standard InChI is InChI=1S/C25H31N3O3/c1-25(2,24(29)26-15-12-19-8-4-3-5-9-19)31-23-21-10-6-7-11-22(21)28(27-23)18-20-13-16-30-17-14-20/h3-11,20H,12-18H2,1-2H3,(H,26,29). The van der Waals surface area contributed by atoms with Gasteiger partial charge in [0.1, 0.15) is 0 Å². The molecule has 0 aliphatic carbocycles. The zero-order chi connectivity index (χ0) is 21.7. The summed E-state index contributed by atoms with van der Waals surface area (Å²) in [4.78, 5) is 12.8. The average Bonchev–Trinajstić information content (AvgIpc) is 3.12. The Bertz CT molecular complexity index is 1010. The van der Waals surface area contributed by atoms with Crippen LogP contribution in [0.5, 0.6) is 5.88 Å². The fourth-order valence-corrected chi connectivity index (χ4v) is 3.95. The van der Waals surface area contributed by atoms with Crippen molar-refractivity contribution in [2.24, 2.45) is 5.92 Å². The third-order valence-electron chi connectivity index (χ3n) is 5.84. The molecule has 2 heterocycles. The molecule has 1 saturated heterocycles. The lowest BCUT2D eigenvalue weighted by Crippen LogP contribution is -2.47. The number of aromatic nitrogens is 2. The number of ether oxygens (including phenoxy) is 2. The number of amides is 1. The van der Waals surface area contributed by atoms with Gasteiger partial charge in [-0.05, 0) is 56.7 Å². The Balaban J connectivity index is 1.44. The van der Waals surface area contributed by atoms with Gasteiger partial charge in [0.25, 0.3) is 5.91 Å². The third kappa shape index (κ3) is 5.25.